The van der Waals surface area contributed by atoms with Gasteiger partial charge in [-0.15, -0.1) is 0 Å². The third kappa shape index (κ3) is 3.04. The van der Waals surface area contributed by atoms with Gasteiger partial charge in [-0.3, -0.25) is 14.9 Å². The van der Waals surface area contributed by atoms with Crippen LogP contribution in [-0.2, 0) is 14.3 Å². The zero-order valence-corrected chi connectivity index (χ0v) is 11.3. The van der Waals surface area contributed by atoms with Crippen molar-refractivity contribution < 1.29 is 19.1 Å². The number of hydrogen-bond acceptors (Lipinski definition) is 4. The van der Waals surface area contributed by atoms with E-state index in [1.807, 2.05) is 13.8 Å². The fourth-order valence-corrected chi connectivity index (χ4v) is 2.32. The molecule has 2 aliphatic rings. The minimum absolute atomic E-state index is 0.00252. The standard InChI is InChI=1S/C12H19N3O4/c1-12(2)8-19-6-5-15(12)10(17)7-14-4-3-9(16)13-11(14)18/h3-8H2,1-2H3,(H,13,16,18). The molecular formula is C12H19N3O4. The maximum Gasteiger partial charge on any atom is 0.324 e. The summed E-state index contributed by atoms with van der Waals surface area (Å²) < 4.78 is 5.36. The van der Waals surface area contributed by atoms with Crippen molar-refractivity contribution in [3.05, 3.63) is 0 Å². The second-order valence-corrected chi connectivity index (χ2v) is 5.44. The summed E-state index contributed by atoms with van der Waals surface area (Å²) in [5.41, 5.74) is -0.364. The zero-order chi connectivity index (χ0) is 14.0. The van der Waals surface area contributed by atoms with Gasteiger partial charge in [0.1, 0.15) is 6.54 Å². The monoisotopic (exact) mass is 269 g/mol. The Balaban J connectivity index is 1.97. The van der Waals surface area contributed by atoms with Gasteiger partial charge in [0.05, 0.1) is 18.8 Å². The molecule has 0 aromatic rings. The number of urea groups is 1. The Hall–Kier alpha value is -1.63. The molecule has 0 bridgehead atoms. The molecule has 0 spiro atoms. The fourth-order valence-electron chi connectivity index (χ4n) is 2.32. The third-order valence-corrected chi connectivity index (χ3v) is 3.41. The molecular weight excluding hydrogens is 250 g/mol. The quantitative estimate of drug-likeness (QED) is 0.737. The molecule has 0 aliphatic carbocycles. The van der Waals surface area contributed by atoms with Crippen molar-refractivity contribution in [2.75, 3.05) is 32.8 Å². The van der Waals surface area contributed by atoms with E-state index >= 15 is 0 Å². The van der Waals surface area contributed by atoms with E-state index in [1.165, 1.54) is 4.90 Å². The predicted octanol–water partition coefficient (Wildman–Crippen LogP) is -0.434. The summed E-state index contributed by atoms with van der Waals surface area (Å²) in [4.78, 5) is 38.0. The van der Waals surface area contributed by atoms with E-state index in [1.54, 1.807) is 4.90 Å². The molecule has 19 heavy (non-hydrogen) atoms. The van der Waals surface area contributed by atoms with E-state index in [4.69, 9.17) is 4.74 Å². The molecule has 1 N–H and O–H groups in total. The van der Waals surface area contributed by atoms with Gasteiger partial charge in [-0.25, -0.2) is 4.79 Å². The minimum Gasteiger partial charge on any atom is -0.377 e. The van der Waals surface area contributed by atoms with Crippen LogP contribution in [0.3, 0.4) is 0 Å². The van der Waals surface area contributed by atoms with Gasteiger partial charge in [0.25, 0.3) is 0 Å². The summed E-state index contributed by atoms with van der Waals surface area (Å²) in [6.07, 6.45) is 0.242. The number of carbonyl (C=O) groups is 3. The molecule has 0 aromatic carbocycles. The number of rotatable bonds is 2. The molecule has 0 radical (unpaired) electrons. The number of ether oxygens (including phenoxy) is 1. The average Bonchev–Trinajstić information content (AvgIpc) is 2.32. The second-order valence-electron chi connectivity index (χ2n) is 5.44. The van der Waals surface area contributed by atoms with Gasteiger partial charge >= 0.3 is 6.03 Å². The van der Waals surface area contributed by atoms with Crippen LogP contribution in [0.5, 0.6) is 0 Å². The van der Waals surface area contributed by atoms with E-state index in [0.717, 1.165) is 0 Å². The molecule has 7 nitrogen and oxygen atoms in total. The lowest BCUT2D eigenvalue weighted by Crippen LogP contribution is -2.59. The summed E-state index contributed by atoms with van der Waals surface area (Å²) in [6, 6.07) is -0.490. The van der Waals surface area contributed by atoms with Crippen molar-refractivity contribution in [2.45, 2.75) is 25.8 Å². The first-order valence-corrected chi connectivity index (χ1v) is 6.37. The van der Waals surface area contributed by atoms with Crippen molar-refractivity contribution >= 4 is 17.8 Å². The van der Waals surface area contributed by atoms with Gasteiger partial charge in [0.2, 0.25) is 11.8 Å². The number of nitrogens with one attached hydrogen (secondary N) is 1. The topological polar surface area (TPSA) is 79.0 Å². The number of carbonyl (C=O) groups excluding carboxylic acids is 3. The molecule has 4 amide bonds. The zero-order valence-electron chi connectivity index (χ0n) is 11.3. The van der Waals surface area contributed by atoms with E-state index in [-0.39, 0.29) is 30.3 Å². The van der Waals surface area contributed by atoms with Crippen LogP contribution < -0.4 is 5.32 Å². The number of amides is 4. The molecule has 0 unspecified atom stereocenters. The Kier molecular flexibility index (Phi) is 3.75. The van der Waals surface area contributed by atoms with Crippen molar-refractivity contribution in [1.29, 1.82) is 0 Å². The number of imide groups is 1. The summed E-state index contributed by atoms with van der Waals surface area (Å²) >= 11 is 0. The highest BCUT2D eigenvalue weighted by molar-refractivity contribution is 5.98. The van der Waals surface area contributed by atoms with Crippen LogP contribution in [-0.4, -0.2) is 66.0 Å². The highest BCUT2D eigenvalue weighted by Crippen LogP contribution is 2.19. The predicted molar refractivity (Wildman–Crippen MR) is 66.3 cm³/mol. The van der Waals surface area contributed by atoms with Crippen LogP contribution in [0.1, 0.15) is 20.3 Å². The summed E-state index contributed by atoms with van der Waals surface area (Å²) in [7, 11) is 0. The first kappa shape index (κ1) is 13.8. The summed E-state index contributed by atoms with van der Waals surface area (Å²) in [6.45, 7) is 5.70. The first-order valence-electron chi connectivity index (χ1n) is 6.37. The lowest BCUT2D eigenvalue weighted by atomic mass is 10.0. The van der Waals surface area contributed by atoms with Crippen LogP contribution in [0, 0.1) is 0 Å². The molecule has 0 atom stereocenters. The fraction of sp³-hybridized carbons (Fsp3) is 0.750. The molecule has 2 fully saturated rings. The van der Waals surface area contributed by atoms with Crippen molar-refractivity contribution in [3.63, 3.8) is 0 Å². The molecule has 2 aliphatic heterocycles. The van der Waals surface area contributed by atoms with Crippen LogP contribution in [0.15, 0.2) is 0 Å². The number of morpholine rings is 1. The minimum atomic E-state index is -0.490. The van der Waals surface area contributed by atoms with Gasteiger partial charge in [0.15, 0.2) is 0 Å². The maximum absolute atomic E-state index is 12.3. The normalized spacial score (nSPS) is 23.3. The molecule has 2 rings (SSSR count). The molecule has 2 heterocycles. The van der Waals surface area contributed by atoms with Crippen LogP contribution >= 0.6 is 0 Å². The van der Waals surface area contributed by atoms with Gasteiger partial charge in [-0.1, -0.05) is 0 Å². The van der Waals surface area contributed by atoms with Gasteiger partial charge in [0, 0.05) is 19.5 Å². The first-order chi connectivity index (χ1) is 8.90. The highest BCUT2D eigenvalue weighted by Gasteiger charge is 2.35. The third-order valence-electron chi connectivity index (χ3n) is 3.41. The van der Waals surface area contributed by atoms with Crippen molar-refractivity contribution in [1.82, 2.24) is 15.1 Å². The van der Waals surface area contributed by atoms with Crippen molar-refractivity contribution in [2.24, 2.45) is 0 Å². The molecule has 0 aromatic heterocycles. The molecule has 106 valence electrons. The summed E-state index contributed by atoms with van der Waals surface area (Å²) in [5.74, 6) is -0.404. The lowest BCUT2D eigenvalue weighted by molar-refractivity contribution is -0.147. The second kappa shape index (κ2) is 5.16. The van der Waals surface area contributed by atoms with E-state index < -0.39 is 6.03 Å². The lowest BCUT2D eigenvalue weighted by Gasteiger charge is -2.43. The van der Waals surface area contributed by atoms with Crippen LogP contribution in [0.4, 0.5) is 4.79 Å². The Bertz CT molecular complexity index is 408. The van der Waals surface area contributed by atoms with Crippen molar-refractivity contribution in [3.8, 4) is 0 Å². The van der Waals surface area contributed by atoms with E-state index in [0.29, 0.717) is 26.3 Å². The Morgan fingerprint density at radius 1 is 1.37 bits per heavy atom. The molecule has 2 saturated heterocycles. The smallest absolute Gasteiger partial charge is 0.324 e. The molecule has 7 heteroatoms. The summed E-state index contributed by atoms with van der Waals surface area (Å²) in [5, 5.41) is 2.21. The Morgan fingerprint density at radius 2 is 2.11 bits per heavy atom. The highest BCUT2D eigenvalue weighted by atomic mass is 16.5. The SMILES string of the molecule is CC1(C)COCCN1C(=O)CN1CCC(=O)NC1=O. The number of nitrogens with zero attached hydrogens (tertiary/aromatic N) is 2. The Labute approximate surface area is 111 Å². The number of hydrogen-bond donors (Lipinski definition) is 1. The van der Waals surface area contributed by atoms with Gasteiger partial charge in [-0.2, -0.15) is 0 Å². The van der Waals surface area contributed by atoms with Crippen LogP contribution in [0.2, 0.25) is 0 Å². The van der Waals surface area contributed by atoms with E-state index in [2.05, 4.69) is 5.32 Å². The average molecular weight is 269 g/mol. The van der Waals surface area contributed by atoms with Crippen LogP contribution in [0.25, 0.3) is 0 Å². The van der Waals surface area contributed by atoms with Gasteiger partial charge in [-0.05, 0) is 13.8 Å². The molecule has 0 saturated carbocycles. The largest absolute Gasteiger partial charge is 0.377 e. The van der Waals surface area contributed by atoms with E-state index in [9.17, 15) is 14.4 Å². The maximum atomic E-state index is 12.3. The van der Waals surface area contributed by atoms with Gasteiger partial charge < -0.3 is 14.5 Å². The Morgan fingerprint density at radius 3 is 2.74 bits per heavy atom.